The van der Waals surface area contributed by atoms with Crippen LogP contribution < -0.4 is 15.3 Å². The van der Waals surface area contributed by atoms with Gasteiger partial charge < -0.3 is 9.80 Å². The standard InChI is InChI=1S/C25H40FN5O2S/c1-7-22(12-11-21(4)34(33)18-10-16-31(6,9-3)17-15-26)19-27-25(32)23-13-14-24(29-28-8-2)30(5)20-23/h7-8,11-14,20-21H,9-10,15-19H2,1-6H3/p+2. The van der Waals surface area contributed by atoms with E-state index in [0.717, 1.165) is 30.9 Å². The lowest BCUT2D eigenvalue weighted by Gasteiger charge is -2.32. The maximum absolute atomic E-state index is 12.8. The van der Waals surface area contributed by atoms with Gasteiger partial charge in [-0.2, -0.15) is 0 Å². The molecule has 3 atom stereocenters. The minimum atomic E-state index is -0.998. The summed E-state index contributed by atoms with van der Waals surface area (Å²) in [6.45, 7) is 9.98. The molecule has 0 aliphatic carbocycles. The van der Waals surface area contributed by atoms with E-state index >= 15 is 0 Å². The summed E-state index contributed by atoms with van der Waals surface area (Å²) in [5.74, 6) is 1.20. The average molecular weight is 496 g/mol. The van der Waals surface area contributed by atoms with Gasteiger partial charge >= 0.3 is 0 Å². The van der Waals surface area contributed by atoms with Crippen molar-refractivity contribution >= 4 is 28.7 Å². The number of aromatic nitrogens is 1. The van der Waals surface area contributed by atoms with E-state index in [1.54, 1.807) is 29.1 Å². The Morgan fingerprint density at radius 2 is 2.06 bits per heavy atom. The van der Waals surface area contributed by atoms with Gasteiger partial charge in [0.25, 0.3) is 11.7 Å². The van der Waals surface area contributed by atoms with Crippen LogP contribution in [0.3, 0.4) is 0 Å². The second kappa shape index (κ2) is 15.5. The van der Waals surface area contributed by atoms with Crippen LogP contribution in [0.2, 0.25) is 0 Å². The third kappa shape index (κ3) is 10.3. The maximum Gasteiger partial charge on any atom is 0.299 e. The Bertz CT molecular complexity index is 903. The van der Waals surface area contributed by atoms with E-state index in [9.17, 15) is 13.4 Å². The van der Waals surface area contributed by atoms with Gasteiger partial charge in [-0.05, 0) is 39.3 Å². The maximum atomic E-state index is 12.8. The lowest BCUT2D eigenvalue weighted by atomic mass is 10.2. The summed E-state index contributed by atoms with van der Waals surface area (Å²) in [6, 6.07) is 3.55. The number of nitrogens with one attached hydrogen (secondary N) is 2. The minimum Gasteiger partial charge on any atom is -0.348 e. The van der Waals surface area contributed by atoms with Gasteiger partial charge in [-0.15, -0.1) is 5.43 Å². The van der Waals surface area contributed by atoms with Crippen molar-refractivity contribution in [2.75, 3.05) is 51.1 Å². The number of carbonyl (C=O) groups is 1. The van der Waals surface area contributed by atoms with Crippen LogP contribution in [0.1, 0.15) is 44.5 Å². The lowest BCUT2D eigenvalue weighted by Crippen LogP contribution is -2.46. The van der Waals surface area contributed by atoms with E-state index in [1.807, 2.05) is 53.1 Å². The first-order chi connectivity index (χ1) is 16.2. The fourth-order valence-electron chi connectivity index (χ4n) is 3.28. The van der Waals surface area contributed by atoms with Crippen molar-refractivity contribution in [3.63, 3.8) is 0 Å². The molecule has 0 aliphatic rings. The molecule has 1 aromatic rings. The summed E-state index contributed by atoms with van der Waals surface area (Å²) >= 11 is 0. The van der Waals surface area contributed by atoms with Crippen LogP contribution in [0.15, 0.2) is 47.2 Å². The number of carbonyl (C=O) groups excluding carboxylic acids is 1. The number of allylic oxidation sites excluding steroid dienone is 1. The second-order valence-corrected chi connectivity index (χ2v) is 10.4. The molecule has 9 heteroatoms. The Morgan fingerprint density at radius 3 is 2.65 bits per heavy atom. The van der Waals surface area contributed by atoms with Crippen LogP contribution in [0.5, 0.6) is 0 Å². The number of quaternary nitrogens is 1. The summed E-state index contributed by atoms with van der Waals surface area (Å²) < 4.78 is 27.9. The number of hydrogen-bond donors (Lipinski definition) is 2. The minimum absolute atomic E-state index is 0.0999. The second-order valence-electron chi connectivity index (χ2n) is 8.53. The summed E-state index contributed by atoms with van der Waals surface area (Å²) in [5.41, 5.74) is 4.38. The molecule has 1 heterocycles. The van der Waals surface area contributed by atoms with Crippen LogP contribution in [-0.2, 0) is 17.8 Å². The predicted molar refractivity (Wildman–Crippen MR) is 140 cm³/mol. The first-order valence-electron chi connectivity index (χ1n) is 11.8. The molecule has 0 aliphatic heterocycles. The molecule has 2 N–H and O–H groups in total. The Morgan fingerprint density at radius 1 is 1.32 bits per heavy atom. The molecule has 3 unspecified atom stereocenters. The third-order valence-electron chi connectivity index (χ3n) is 5.95. The average Bonchev–Trinajstić information content (AvgIpc) is 2.83. The number of halogens is 1. The molecule has 0 saturated heterocycles. The topological polar surface area (TPSA) is 74.4 Å². The zero-order valence-corrected chi connectivity index (χ0v) is 22.3. The molecule has 1 amide bonds. The number of aryl methyl sites for hydroxylation is 1. The Balaban J connectivity index is 2.57. The summed E-state index contributed by atoms with van der Waals surface area (Å²) in [7, 11) is 2.89. The summed E-state index contributed by atoms with van der Waals surface area (Å²) in [6.07, 6.45) is 9.99. The van der Waals surface area contributed by atoms with Gasteiger partial charge in [0.2, 0.25) is 0 Å². The Labute approximate surface area is 206 Å². The van der Waals surface area contributed by atoms with Gasteiger partial charge in [0, 0.05) is 41.8 Å². The quantitative estimate of drug-likeness (QED) is 0.129. The third-order valence-corrected chi connectivity index (χ3v) is 7.63. The van der Waals surface area contributed by atoms with Crippen LogP contribution in [0.4, 0.5) is 10.2 Å². The van der Waals surface area contributed by atoms with Crippen molar-refractivity contribution in [3.8, 4) is 0 Å². The van der Waals surface area contributed by atoms with Crippen molar-refractivity contribution < 1.29 is 22.4 Å². The van der Waals surface area contributed by atoms with Gasteiger partial charge in [0.1, 0.15) is 19.4 Å². The van der Waals surface area contributed by atoms with Crippen molar-refractivity contribution in [3.05, 3.63) is 47.7 Å². The monoisotopic (exact) mass is 495 g/mol. The Kier molecular flexibility index (Phi) is 13.5. The molecule has 34 heavy (non-hydrogen) atoms. The molecule has 0 bridgehead atoms. The molecule has 190 valence electrons. The molecule has 0 saturated carbocycles. The Hall–Kier alpha value is -2.39. The highest BCUT2D eigenvalue weighted by atomic mass is 32.2. The number of nitrogens with zero attached hydrogens (tertiary/aromatic N) is 3. The zero-order chi connectivity index (χ0) is 25.6. The first-order valence-corrected chi connectivity index (χ1v) is 13.2. The summed E-state index contributed by atoms with van der Waals surface area (Å²) in [5, 5.41) is 6.82. The van der Waals surface area contributed by atoms with Gasteiger partial charge in [0.15, 0.2) is 0 Å². The number of amides is 1. The van der Waals surface area contributed by atoms with E-state index in [2.05, 4.69) is 22.8 Å². The molecular weight excluding hydrogens is 453 g/mol. The van der Waals surface area contributed by atoms with E-state index in [4.69, 9.17) is 0 Å². The number of hydrazone groups is 1. The molecule has 1 rings (SSSR count). The van der Waals surface area contributed by atoms with Gasteiger partial charge in [-0.3, -0.25) is 9.00 Å². The number of alkyl halides is 1. The number of anilines is 1. The number of pyridine rings is 1. The van der Waals surface area contributed by atoms with Crippen molar-refractivity contribution in [2.24, 2.45) is 12.1 Å². The zero-order valence-electron chi connectivity index (χ0n) is 21.5. The van der Waals surface area contributed by atoms with Crippen LogP contribution >= 0.6 is 0 Å². The highest BCUT2D eigenvalue weighted by Crippen LogP contribution is 2.08. The molecular formula is C25H42FN5O2S+2. The van der Waals surface area contributed by atoms with E-state index in [-0.39, 0.29) is 17.8 Å². The molecule has 0 spiro atoms. The number of rotatable bonds is 15. The highest BCUT2D eigenvalue weighted by Gasteiger charge is 2.19. The smallest absolute Gasteiger partial charge is 0.299 e. The number of hydrogen-bond acceptors (Lipinski definition) is 4. The van der Waals surface area contributed by atoms with E-state index in [0.29, 0.717) is 28.9 Å². The largest absolute Gasteiger partial charge is 0.348 e. The SMILES string of the molecule is CC=NNc1ccc(C(=O)NCC(C=CC(C)S(=O)CCC[N+](C)(CC)CCF)=CC)c[n+]1C. The fraction of sp³-hybridized carbons (Fsp3) is 0.560. The van der Waals surface area contributed by atoms with E-state index in [1.165, 1.54) is 0 Å². The van der Waals surface area contributed by atoms with Crippen molar-refractivity contribution in [1.29, 1.82) is 0 Å². The lowest BCUT2D eigenvalue weighted by molar-refractivity contribution is -0.907. The van der Waals surface area contributed by atoms with Gasteiger partial charge in [0.05, 0.1) is 38.0 Å². The molecule has 0 fully saturated rings. The molecule has 0 radical (unpaired) electrons. The molecule has 1 aromatic heterocycles. The summed E-state index contributed by atoms with van der Waals surface area (Å²) in [4.78, 5) is 12.6. The van der Waals surface area contributed by atoms with Crippen molar-refractivity contribution in [2.45, 2.75) is 39.4 Å². The first kappa shape index (κ1) is 29.6. The van der Waals surface area contributed by atoms with Crippen LogP contribution in [0.25, 0.3) is 0 Å². The van der Waals surface area contributed by atoms with Crippen molar-refractivity contribution in [1.82, 2.24) is 5.32 Å². The fourth-order valence-corrected chi connectivity index (χ4v) is 4.32. The van der Waals surface area contributed by atoms with Gasteiger partial charge in [-0.1, -0.05) is 23.3 Å². The normalized spacial score (nSPS) is 15.9. The van der Waals surface area contributed by atoms with Crippen LogP contribution in [0, 0.1) is 0 Å². The predicted octanol–water partition coefficient (Wildman–Crippen LogP) is 3.12. The highest BCUT2D eigenvalue weighted by molar-refractivity contribution is 7.85. The van der Waals surface area contributed by atoms with Crippen LogP contribution in [-0.4, -0.2) is 71.7 Å². The van der Waals surface area contributed by atoms with Gasteiger partial charge in [-0.25, -0.2) is 8.96 Å². The molecule has 7 nitrogen and oxygen atoms in total. The van der Waals surface area contributed by atoms with E-state index < -0.39 is 10.8 Å². The molecule has 0 aromatic carbocycles.